The summed E-state index contributed by atoms with van der Waals surface area (Å²) in [5.74, 6) is 1.71. The zero-order valence-electron chi connectivity index (χ0n) is 14.0. The van der Waals surface area contributed by atoms with E-state index in [1.54, 1.807) is 12.7 Å². The molecule has 0 unspecified atom stereocenters. The van der Waals surface area contributed by atoms with Gasteiger partial charge in [0.2, 0.25) is 0 Å². The highest BCUT2D eigenvalue weighted by Crippen LogP contribution is 2.32. The molecule has 0 atom stereocenters. The van der Waals surface area contributed by atoms with E-state index in [9.17, 15) is 0 Å². The Bertz CT molecular complexity index is 286. The van der Waals surface area contributed by atoms with Crippen LogP contribution in [-0.2, 0) is 4.74 Å². The zero-order chi connectivity index (χ0) is 14.8. The summed E-state index contributed by atoms with van der Waals surface area (Å²) in [6.07, 6.45) is 18.5. The standard InChI is InChI=1S/C19H35NO/c1-21-14-13-20-16-19(18-11-7-4-8-12-18)15-17-9-5-2-3-6-10-17/h15,17-18,20H,2-14,16H2,1H3. The van der Waals surface area contributed by atoms with E-state index in [4.69, 9.17) is 4.74 Å². The lowest BCUT2D eigenvalue weighted by molar-refractivity contribution is 0.200. The van der Waals surface area contributed by atoms with Crippen molar-refractivity contribution in [2.75, 3.05) is 26.8 Å². The minimum absolute atomic E-state index is 0.821. The molecule has 0 aromatic carbocycles. The number of ether oxygens (including phenoxy) is 1. The maximum absolute atomic E-state index is 5.15. The number of allylic oxidation sites excluding steroid dienone is 1. The summed E-state index contributed by atoms with van der Waals surface area (Å²) in [5, 5.41) is 3.60. The van der Waals surface area contributed by atoms with Crippen LogP contribution in [0.2, 0.25) is 0 Å². The van der Waals surface area contributed by atoms with Crippen LogP contribution in [0, 0.1) is 11.8 Å². The average Bonchev–Trinajstić information content (AvgIpc) is 2.80. The molecule has 2 nitrogen and oxygen atoms in total. The summed E-state index contributed by atoms with van der Waals surface area (Å²) in [5.41, 5.74) is 1.72. The van der Waals surface area contributed by atoms with E-state index in [1.807, 2.05) is 0 Å². The Morgan fingerprint density at radius 1 is 0.952 bits per heavy atom. The molecule has 1 N–H and O–H groups in total. The maximum atomic E-state index is 5.15. The van der Waals surface area contributed by atoms with Crippen molar-refractivity contribution in [1.29, 1.82) is 0 Å². The van der Waals surface area contributed by atoms with Crippen molar-refractivity contribution in [2.45, 2.75) is 70.6 Å². The van der Waals surface area contributed by atoms with Crippen molar-refractivity contribution >= 4 is 0 Å². The number of methoxy groups -OCH3 is 1. The molecule has 0 saturated heterocycles. The van der Waals surface area contributed by atoms with Gasteiger partial charge in [-0.15, -0.1) is 0 Å². The Kier molecular flexibility index (Phi) is 8.43. The number of hydrogen-bond acceptors (Lipinski definition) is 2. The summed E-state index contributed by atoms with van der Waals surface area (Å²) in [6, 6.07) is 0. The van der Waals surface area contributed by atoms with Crippen molar-refractivity contribution < 1.29 is 4.74 Å². The van der Waals surface area contributed by atoms with Crippen molar-refractivity contribution in [3.63, 3.8) is 0 Å². The summed E-state index contributed by atoms with van der Waals surface area (Å²) in [7, 11) is 1.78. The highest BCUT2D eigenvalue weighted by atomic mass is 16.5. The molecule has 2 fully saturated rings. The molecular weight excluding hydrogens is 258 g/mol. The van der Waals surface area contributed by atoms with Crippen LogP contribution in [0.25, 0.3) is 0 Å². The smallest absolute Gasteiger partial charge is 0.0587 e. The molecule has 0 spiro atoms. The van der Waals surface area contributed by atoms with Gasteiger partial charge in [-0.3, -0.25) is 0 Å². The fourth-order valence-corrected chi connectivity index (χ4v) is 4.00. The third-order valence-electron chi connectivity index (χ3n) is 5.29. The quantitative estimate of drug-likeness (QED) is 0.417. The van der Waals surface area contributed by atoms with Gasteiger partial charge in [-0.25, -0.2) is 0 Å². The van der Waals surface area contributed by atoms with E-state index in [1.165, 1.54) is 70.6 Å². The lowest BCUT2D eigenvalue weighted by Gasteiger charge is -2.26. The third kappa shape index (κ3) is 6.52. The van der Waals surface area contributed by atoms with Gasteiger partial charge >= 0.3 is 0 Å². The molecule has 0 bridgehead atoms. The van der Waals surface area contributed by atoms with Crippen molar-refractivity contribution in [3.05, 3.63) is 11.6 Å². The minimum Gasteiger partial charge on any atom is -0.383 e. The van der Waals surface area contributed by atoms with E-state index in [-0.39, 0.29) is 0 Å². The first-order valence-electron chi connectivity index (χ1n) is 9.30. The first-order chi connectivity index (χ1) is 10.4. The molecule has 2 heteroatoms. The van der Waals surface area contributed by atoms with Gasteiger partial charge in [0.1, 0.15) is 0 Å². The van der Waals surface area contributed by atoms with Gasteiger partial charge < -0.3 is 10.1 Å². The second-order valence-electron chi connectivity index (χ2n) is 7.00. The monoisotopic (exact) mass is 293 g/mol. The van der Waals surface area contributed by atoms with Gasteiger partial charge in [0, 0.05) is 20.2 Å². The van der Waals surface area contributed by atoms with E-state index in [2.05, 4.69) is 11.4 Å². The van der Waals surface area contributed by atoms with E-state index < -0.39 is 0 Å². The zero-order valence-corrected chi connectivity index (χ0v) is 14.0. The van der Waals surface area contributed by atoms with Crippen molar-refractivity contribution in [2.24, 2.45) is 11.8 Å². The maximum Gasteiger partial charge on any atom is 0.0587 e. The van der Waals surface area contributed by atoms with E-state index in [0.29, 0.717) is 0 Å². The van der Waals surface area contributed by atoms with Crippen molar-refractivity contribution in [1.82, 2.24) is 5.32 Å². The SMILES string of the molecule is COCCNCC(=CC1CCCCCC1)C1CCCCC1. The normalized spacial score (nSPS) is 23.2. The molecule has 122 valence electrons. The molecule has 2 saturated carbocycles. The van der Waals surface area contributed by atoms with Crippen LogP contribution in [0.4, 0.5) is 0 Å². The fourth-order valence-electron chi connectivity index (χ4n) is 4.00. The van der Waals surface area contributed by atoms with Gasteiger partial charge in [-0.1, -0.05) is 56.6 Å². The van der Waals surface area contributed by atoms with Gasteiger partial charge in [0.05, 0.1) is 6.61 Å². The van der Waals surface area contributed by atoms with Crippen LogP contribution >= 0.6 is 0 Å². The molecule has 0 aliphatic heterocycles. The Morgan fingerprint density at radius 2 is 1.57 bits per heavy atom. The predicted octanol–water partition coefficient (Wildman–Crippen LogP) is 4.70. The van der Waals surface area contributed by atoms with Gasteiger partial charge in [0.15, 0.2) is 0 Å². The Labute approximate surface area is 131 Å². The third-order valence-corrected chi connectivity index (χ3v) is 5.29. The molecule has 0 heterocycles. The number of nitrogens with one attached hydrogen (secondary N) is 1. The topological polar surface area (TPSA) is 21.3 Å². The van der Waals surface area contributed by atoms with Crippen LogP contribution in [-0.4, -0.2) is 26.8 Å². The summed E-state index contributed by atoms with van der Waals surface area (Å²) >= 11 is 0. The number of hydrogen-bond donors (Lipinski definition) is 1. The van der Waals surface area contributed by atoms with Gasteiger partial charge in [-0.2, -0.15) is 0 Å². The van der Waals surface area contributed by atoms with Gasteiger partial charge in [-0.05, 0) is 37.5 Å². The lowest BCUT2D eigenvalue weighted by atomic mass is 9.81. The molecule has 2 aliphatic carbocycles. The van der Waals surface area contributed by atoms with Crippen LogP contribution in [0.3, 0.4) is 0 Å². The fraction of sp³-hybridized carbons (Fsp3) is 0.895. The molecule has 0 aromatic heterocycles. The Balaban J connectivity index is 1.91. The largest absolute Gasteiger partial charge is 0.383 e. The molecule has 21 heavy (non-hydrogen) atoms. The van der Waals surface area contributed by atoms with Crippen LogP contribution in [0.15, 0.2) is 11.6 Å². The molecular formula is C19H35NO. The molecule has 0 amide bonds. The Hall–Kier alpha value is -0.340. The van der Waals surface area contributed by atoms with E-state index >= 15 is 0 Å². The van der Waals surface area contributed by atoms with E-state index in [0.717, 1.165) is 31.5 Å². The highest BCUT2D eigenvalue weighted by Gasteiger charge is 2.19. The lowest BCUT2D eigenvalue weighted by Crippen LogP contribution is -2.26. The highest BCUT2D eigenvalue weighted by molar-refractivity contribution is 5.12. The van der Waals surface area contributed by atoms with Crippen LogP contribution in [0.1, 0.15) is 70.6 Å². The summed E-state index contributed by atoms with van der Waals surface area (Å²) in [6.45, 7) is 2.89. The summed E-state index contributed by atoms with van der Waals surface area (Å²) in [4.78, 5) is 0. The molecule has 0 aromatic rings. The predicted molar refractivity (Wildman–Crippen MR) is 90.6 cm³/mol. The first kappa shape index (κ1) is 17.0. The second-order valence-corrected chi connectivity index (χ2v) is 7.00. The first-order valence-corrected chi connectivity index (χ1v) is 9.30. The van der Waals surface area contributed by atoms with Gasteiger partial charge in [0.25, 0.3) is 0 Å². The average molecular weight is 293 g/mol. The van der Waals surface area contributed by atoms with Crippen molar-refractivity contribution in [3.8, 4) is 0 Å². The molecule has 0 radical (unpaired) electrons. The molecule has 2 aliphatic rings. The van der Waals surface area contributed by atoms with Crippen LogP contribution < -0.4 is 5.32 Å². The number of rotatable bonds is 7. The minimum atomic E-state index is 0.821. The Morgan fingerprint density at radius 3 is 2.24 bits per heavy atom. The second kappa shape index (κ2) is 10.4. The van der Waals surface area contributed by atoms with Crippen LogP contribution in [0.5, 0.6) is 0 Å². The molecule has 2 rings (SSSR count). The summed E-state index contributed by atoms with van der Waals surface area (Å²) < 4.78 is 5.15.